The Hall–Kier alpha value is -0.400. The van der Waals surface area contributed by atoms with Crippen LogP contribution in [0.5, 0.6) is 0 Å². The van der Waals surface area contributed by atoms with Crippen molar-refractivity contribution in [1.29, 1.82) is 0 Å². The third-order valence-electron chi connectivity index (χ3n) is 4.61. The van der Waals surface area contributed by atoms with Crippen molar-refractivity contribution >= 4 is 68.2 Å². The Bertz CT molecular complexity index is 738. The van der Waals surface area contributed by atoms with E-state index in [0.29, 0.717) is 12.8 Å². The van der Waals surface area contributed by atoms with Crippen LogP contribution in [0.4, 0.5) is 0 Å². The Kier molecular flexibility index (Phi) is 8.15. The van der Waals surface area contributed by atoms with Crippen LogP contribution in [0.1, 0.15) is 31.7 Å². The number of thiazole rings is 1. The van der Waals surface area contributed by atoms with Gasteiger partial charge in [0.2, 0.25) is 5.91 Å². The van der Waals surface area contributed by atoms with Gasteiger partial charge in [-0.3, -0.25) is 4.79 Å². The number of hydrogen-bond donors (Lipinski definition) is 1. The Morgan fingerprint density at radius 1 is 1.44 bits per heavy atom. The number of piperidine rings is 1. The van der Waals surface area contributed by atoms with Crippen molar-refractivity contribution in [2.45, 2.75) is 39.2 Å². The summed E-state index contributed by atoms with van der Waals surface area (Å²) >= 11 is 5.14. The minimum atomic E-state index is -0.00392. The number of likely N-dealkylation sites (tertiary alicyclic amines) is 1. The fraction of sp³-hybridized carbons (Fsp3) is 0.529. The topological polar surface area (TPSA) is 59.2 Å². The normalized spacial score (nSPS) is 19.2. The molecule has 3 rings (SSSR count). The summed E-state index contributed by atoms with van der Waals surface area (Å²) in [5.41, 5.74) is 7.14. The van der Waals surface area contributed by atoms with Crippen molar-refractivity contribution in [3.63, 3.8) is 0 Å². The molecule has 0 spiro atoms. The van der Waals surface area contributed by atoms with Crippen molar-refractivity contribution in [2.75, 3.05) is 13.1 Å². The van der Waals surface area contributed by atoms with Crippen LogP contribution < -0.4 is 5.73 Å². The number of aryl methyl sites for hydroxylation is 1. The molecule has 1 aliphatic rings. The zero-order chi connectivity index (χ0) is 16.6. The minimum absolute atomic E-state index is 0. The van der Waals surface area contributed by atoms with E-state index in [1.807, 2.05) is 17.0 Å². The van der Waals surface area contributed by atoms with Gasteiger partial charge in [-0.2, -0.15) is 0 Å². The van der Waals surface area contributed by atoms with Gasteiger partial charge in [-0.05, 0) is 30.0 Å². The quantitative estimate of drug-likeness (QED) is 0.725. The lowest BCUT2D eigenvalue weighted by atomic mass is 9.79. The second-order valence-electron chi connectivity index (χ2n) is 6.92. The summed E-state index contributed by atoms with van der Waals surface area (Å²) in [5, 5.41) is 1.03. The van der Waals surface area contributed by atoms with Crippen LogP contribution >= 0.6 is 52.1 Å². The fourth-order valence-electron chi connectivity index (χ4n) is 3.01. The van der Waals surface area contributed by atoms with Crippen LogP contribution in [-0.4, -0.2) is 34.9 Å². The standard InChI is InChI=1S/C17H22BrN3OS.2ClH/c1-17(2)10-21(8-7-14(17)19)16(22)6-5-15-20-12-9-11(18)3-4-13(12)23-15;;/h3-4,9,14H,5-8,10,19H2,1-2H3;2*1H. The smallest absolute Gasteiger partial charge is 0.223 e. The van der Waals surface area contributed by atoms with Crippen molar-refractivity contribution in [3.05, 3.63) is 27.7 Å². The SMILES string of the molecule is CC1(C)CN(C(=O)CCc2nc3cc(Br)ccc3s2)CCC1N.Cl.Cl. The van der Waals surface area contributed by atoms with Gasteiger partial charge in [0.15, 0.2) is 0 Å². The molecular weight excluding hydrogens is 445 g/mol. The maximum Gasteiger partial charge on any atom is 0.223 e. The van der Waals surface area contributed by atoms with Crippen LogP contribution in [0.2, 0.25) is 0 Å². The summed E-state index contributed by atoms with van der Waals surface area (Å²) in [4.78, 5) is 19.1. The van der Waals surface area contributed by atoms with Gasteiger partial charge in [-0.1, -0.05) is 29.8 Å². The van der Waals surface area contributed by atoms with E-state index in [9.17, 15) is 4.79 Å². The molecule has 1 aliphatic heterocycles. The molecule has 1 fully saturated rings. The average Bonchev–Trinajstić information content (AvgIpc) is 2.89. The van der Waals surface area contributed by atoms with Gasteiger partial charge in [-0.15, -0.1) is 36.2 Å². The predicted octanol–water partition coefficient (Wildman–Crippen LogP) is 4.42. The van der Waals surface area contributed by atoms with E-state index >= 15 is 0 Å². The summed E-state index contributed by atoms with van der Waals surface area (Å²) in [7, 11) is 0. The minimum Gasteiger partial charge on any atom is -0.342 e. The number of rotatable bonds is 3. The summed E-state index contributed by atoms with van der Waals surface area (Å²) in [6.45, 7) is 5.81. The summed E-state index contributed by atoms with van der Waals surface area (Å²) in [6.07, 6.45) is 2.11. The second kappa shape index (κ2) is 9.00. The maximum absolute atomic E-state index is 12.5. The van der Waals surface area contributed by atoms with Gasteiger partial charge in [0, 0.05) is 36.4 Å². The first-order valence-corrected chi connectivity index (χ1v) is 9.54. The molecule has 1 aromatic heterocycles. The highest BCUT2D eigenvalue weighted by Gasteiger charge is 2.35. The molecule has 2 N–H and O–H groups in total. The van der Waals surface area contributed by atoms with Crippen LogP contribution in [0.25, 0.3) is 10.2 Å². The lowest BCUT2D eigenvalue weighted by Crippen LogP contribution is -2.54. The molecule has 1 aromatic carbocycles. The molecule has 2 heterocycles. The highest BCUT2D eigenvalue weighted by molar-refractivity contribution is 9.10. The number of carbonyl (C=O) groups is 1. The highest BCUT2D eigenvalue weighted by Crippen LogP contribution is 2.29. The van der Waals surface area contributed by atoms with Crippen molar-refractivity contribution in [3.8, 4) is 0 Å². The number of hydrogen-bond acceptors (Lipinski definition) is 4. The molecule has 140 valence electrons. The van der Waals surface area contributed by atoms with E-state index in [0.717, 1.165) is 34.5 Å². The summed E-state index contributed by atoms with van der Waals surface area (Å²) < 4.78 is 2.20. The van der Waals surface area contributed by atoms with E-state index in [1.165, 1.54) is 4.70 Å². The van der Waals surface area contributed by atoms with E-state index < -0.39 is 0 Å². The van der Waals surface area contributed by atoms with Gasteiger partial charge < -0.3 is 10.6 Å². The van der Waals surface area contributed by atoms with Crippen LogP contribution in [0.15, 0.2) is 22.7 Å². The Balaban J connectivity index is 0.00000156. The molecule has 25 heavy (non-hydrogen) atoms. The van der Waals surface area contributed by atoms with E-state index in [2.05, 4.69) is 40.8 Å². The van der Waals surface area contributed by atoms with Gasteiger partial charge in [0.05, 0.1) is 15.2 Å². The second-order valence-corrected chi connectivity index (χ2v) is 8.95. The molecule has 8 heteroatoms. The number of halogens is 3. The zero-order valence-corrected chi connectivity index (χ0v) is 18.4. The first-order valence-electron chi connectivity index (χ1n) is 7.93. The largest absolute Gasteiger partial charge is 0.342 e. The molecule has 0 saturated carbocycles. The van der Waals surface area contributed by atoms with Gasteiger partial charge >= 0.3 is 0 Å². The number of fused-ring (bicyclic) bond motifs is 1. The molecule has 4 nitrogen and oxygen atoms in total. The van der Waals surface area contributed by atoms with Crippen molar-refractivity contribution < 1.29 is 4.79 Å². The molecule has 1 atom stereocenters. The van der Waals surface area contributed by atoms with E-state index in [1.54, 1.807) is 11.3 Å². The third kappa shape index (κ3) is 5.30. The first-order chi connectivity index (χ1) is 10.8. The molecule has 0 aliphatic carbocycles. The monoisotopic (exact) mass is 467 g/mol. The fourth-order valence-corrected chi connectivity index (χ4v) is 4.31. The number of aromatic nitrogens is 1. The van der Waals surface area contributed by atoms with Gasteiger partial charge in [0.1, 0.15) is 0 Å². The molecule has 0 bridgehead atoms. The van der Waals surface area contributed by atoms with Gasteiger partial charge in [0.25, 0.3) is 0 Å². The molecule has 1 saturated heterocycles. The number of nitrogens with two attached hydrogens (primary N) is 1. The van der Waals surface area contributed by atoms with E-state index in [4.69, 9.17) is 5.73 Å². The highest BCUT2D eigenvalue weighted by atomic mass is 79.9. The predicted molar refractivity (Wildman–Crippen MR) is 113 cm³/mol. The molecule has 0 radical (unpaired) electrons. The average molecular weight is 469 g/mol. The maximum atomic E-state index is 12.5. The lowest BCUT2D eigenvalue weighted by molar-refractivity contribution is -0.134. The molecular formula is C17H24BrCl2N3OS. The third-order valence-corrected chi connectivity index (χ3v) is 6.20. The number of carbonyl (C=O) groups excluding carboxylic acids is 1. The zero-order valence-electron chi connectivity index (χ0n) is 14.3. The Morgan fingerprint density at radius 3 is 2.84 bits per heavy atom. The Morgan fingerprint density at radius 2 is 2.16 bits per heavy atom. The Labute approximate surface area is 173 Å². The molecule has 2 aromatic rings. The number of benzene rings is 1. The van der Waals surface area contributed by atoms with Crippen LogP contribution in [-0.2, 0) is 11.2 Å². The molecule has 1 unspecified atom stereocenters. The van der Waals surface area contributed by atoms with Crippen molar-refractivity contribution in [2.24, 2.45) is 11.1 Å². The van der Waals surface area contributed by atoms with Gasteiger partial charge in [-0.25, -0.2) is 4.98 Å². The van der Waals surface area contributed by atoms with E-state index in [-0.39, 0.29) is 42.2 Å². The summed E-state index contributed by atoms with van der Waals surface area (Å²) in [6, 6.07) is 6.28. The number of amides is 1. The van der Waals surface area contributed by atoms with Crippen LogP contribution in [0.3, 0.4) is 0 Å². The first kappa shape index (κ1) is 22.6. The molecule has 1 amide bonds. The number of nitrogens with zero attached hydrogens (tertiary/aromatic N) is 2. The lowest BCUT2D eigenvalue weighted by Gasteiger charge is -2.42. The van der Waals surface area contributed by atoms with Crippen LogP contribution in [0, 0.1) is 5.41 Å². The summed E-state index contributed by atoms with van der Waals surface area (Å²) in [5.74, 6) is 0.213. The van der Waals surface area contributed by atoms with Crippen molar-refractivity contribution in [1.82, 2.24) is 9.88 Å².